The minimum atomic E-state index is -0.519. The van der Waals surface area contributed by atoms with Gasteiger partial charge in [-0.25, -0.2) is 4.39 Å². The predicted molar refractivity (Wildman–Crippen MR) is 70.3 cm³/mol. The van der Waals surface area contributed by atoms with Crippen molar-refractivity contribution in [3.63, 3.8) is 0 Å². The van der Waals surface area contributed by atoms with E-state index in [0.717, 1.165) is 0 Å². The molecule has 0 fully saturated rings. The van der Waals surface area contributed by atoms with E-state index in [1.165, 1.54) is 36.7 Å². The van der Waals surface area contributed by atoms with Gasteiger partial charge >= 0.3 is 0 Å². The van der Waals surface area contributed by atoms with Crippen molar-refractivity contribution in [3.8, 4) is 11.8 Å². The molecule has 2 rings (SSSR count). The van der Waals surface area contributed by atoms with E-state index in [1.807, 2.05) is 0 Å². The summed E-state index contributed by atoms with van der Waals surface area (Å²) in [4.78, 5) is 11.9. The number of anilines is 1. The van der Waals surface area contributed by atoms with Crippen LogP contribution in [-0.4, -0.2) is 27.8 Å². The van der Waals surface area contributed by atoms with Gasteiger partial charge in [0.25, 0.3) is 5.91 Å². The van der Waals surface area contributed by atoms with E-state index >= 15 is 0 Å². The average Bonchev–Trinajstić information content (AvgIpc) is 2.48. The van der Waals surface area contributed by atoms with E-state index in [0.29, 0.717) is 11.3 Å². The van der Waals surface area contributed by atoms with Crippen molar-refractivity contribution >= 4 is 11.6 Å². The second-order valence-corrected chi connectivity index (χ2v) is 3.74. The number of halogens is 1. The second-order valence-electron chi connectivity index (χ2n) is 3.74. The molecule has 0 spiro atoms. The van der Waals surface area contributed by atoms with Crippen LogP contribution in [-0.2, 0) is 0 Å². The van der Waals surface area contributed by atoms with Crippen molar-refractivity contribution in [1.82, 2.24) is 10.2 Å². The minimum Gasteiger partial charge on any atom is -0.384 e. The van der Waals surface area contributed by atoms with Crippen molar-refractivity contribution in [2.24, 2.45) is 0 Å². The molecule has 1 amide bonds. The standard InChI is InChI=1S/C14H10FN3O2/c15-13-4-3-12(8-10(13)2-1-7-19)18-14(20)11-5-6-16-17-9-11/h3-6,8-9,19H,7H2,(H,18,20). The first-order valence-corrected chi connectivity index (χ1v) is 5.68. The zero-order chi connectivity index (χ0) is 14.4. The number of hydrogen-bond donors (Lipinski definition) is 2. The Morgan fingerprint density at radius 3 is 2.90 bits per heavy atom. The van der Waals surface area contributed by atoms with Crippen molar-refractivity contribution in [1.29, 1.82) is 0 Å². The highest BCUT2D eigenvalue weighted by atomic mass is 19.1. The van der Waals surface area contributed by atoms with Crippen LogP contribution < -0.4 is 5.32 Å². The van der Waals surface area contributed by atoms with Crippen LogP contribution in [0.1, 0.15) is 15.9 Å². The molecular formula is C14H10FN3O2. The van der Waals surface area contributed by atoms with Gasteiger partial charge in [-0.2, -0.15) is 10.2 Å². The third kappa shape index (κ3) is 3.37. The number of carbonyl (C=O) groups is 1. The van der Waals surface area contributed by atoms with E-state index < -0.39 is 5.82 Å². The van der Waals surface area contributed by atoms with Gasteiger partial charge in [0.2, 0.25) is 0 Å². The van der Waals surface area contributed by atoms with Gasteiger partial charge < -0.3 is 10.4 Å². The fourth-order valence-electron chi connectivity index (χ4n) is 1.46. The van der Waals surface area contributed by atoms with Crippen LogP contribution >= 0.6 is 0 Å². The van der Waals surface area contributed by atoms with Gasteiger partial charge in [0.05, 0.1) is 23.5 Å². The summed E-state index contributed by atoms with van der Waals surface area (Å²) in [5.74, 6) is 3.92. The third-order valence-electron chi connectivity index (χ3n) is 2.37. The third-order valence-corrected chi connectivity index (χ3v) is 2.37. The molecule has 0 saturated carbocycles. The summed E-state index contributed by atoms with van der Waals surface area (Å²) in [6.07, 6.45) is 2.73. The topological polar surface area (TPSA) is 75.1 Å². The van der Waals surface area contributed by atoms with Crippen LogP contribution in [0.15, 0.2) is 36.7 Å². The SMILES string of the molecule is O=C(Nc1ccc(F)c(C#CCO)c1)c1ccnnc1. The van der Waals surface area contributed by atoms with Gasteiger partial charge in [0.15, 0.2) is 0 Å². The number of hydrogen-bond acceptors (Lipinski definition) is 4. The van der Waals surface area contributed by atoms with Crippen molar-refractivity contribution in [2.75, 3.05) is 11.9 Å². The van der Waals surface area contributed by atoms with Gasteiger partial charge in [0, 0.05) is 5.69 Å². The first-order valence-electron chi connectivity index (χ1n) is 5.68. The maximum Gasteiger partial charge on any atom is 0.257 e. The molecule has 20 heavy (non-hydrogen) atoms. The van der Waals surface area contributed by atoms with E-state index in [1.54, 1.807) is 0 Å². The quantitative estimate of drug-likeness (QED) is 0.805. The van der Waals surface area contributed by atoms with Crippen molar-refractivity contribution < 1.29 is 14.3 Å². The van der Waals surface area contributed by atoms with Crippen LogP contribution in [0.5, 0.6) is 0 Å². The van der Waals surface area contributed by atoms with Crippen LogP contribution in [0.2, 0.25) is 0 Å². The van der Waals surface area contributed by atoms with E-state index in [4.69, 9.17) is 5.11 Å². The number of nitrogens with zero attached hydrogens (tertiary/aromatic N) is 2. The van der Waals surface area contributed by atoms with Crippen LogP contribution in [0, 0.1) is 17.7 Å². The van der Waals surface area contributed by atoms with Crippen molar-refractivity contribution in [2.45, 2.75) is 0 Å². The second kappa shape index (κ2) is 6.41. The van der Waals surface area contributed by atoms with Crippen LogP contribution in [0.4, 0.5) is 10.1 Å². The summed E-state index contributed by atoms with van der Waals surface area (Å²) in [7, 11) is 0. The zero-order valence-corrected chi connectivity index (χ0v) is 10.3. The molecule has 1 aromatic carbocycles. The van der Waals surface area contributed by atoms with E-state index in [-0.39, 0.29) is 18.1 Å². The molecule has 0 aliphatic carbocycles. The lowest BCUT2D eigenvalue weighted by Crippen LogP contribution is -2.12. The molecule has 1 heterocycles. The normalized spacial score (nSPS) is 9.50. The average molecular weight is 271 g/mol. The van der Waals surface area contributed by atoms with Crippen molar-refractivity contribution in [3.05, 3.63) is 53.6 Å². The number of nitrogens with one attached hydrogen (secondary N) is 1. The Labute approximate surface area is 114 Å². The molecular weight excluding hydrogens is 261 g/mol. The van der Waals surface area contributed by atoms with Gasteiger partial charge in [-0.05, 0) is 24.3 Å². The van der Waals surface area contributed by atoms with E-state index in [9.17, 15) is 9.18 Å². The first kappa shape index (κ1) is 13.6. The summed E-state index contributed by atoms with van der Waals surface area (Å²) in [6, 6.07) is 5.52. The molecule has 0 aliphatic rings. The monoisotopic (exact) mass is 271 g/mol. The molecule has 2 N–H and O–H groups in total. The lowest BCUT2D eigenvalue weighted by molar-refractivity contribution is 0.102. The Morgan fingerprint density at radius 2 is 2.20 bits per heavy atom. The molecule has 0 bridgehead atoms. The van der Waals surface area contributed by atoms with Crippen LogP contribution in [0.3, 0.4) is 0 Å². The highest BCUT2D eigenvalue weighted by Crippen LogP contribution is 2.14. The van der Waals surface area contributed by atoms with Crippen LogP contribution in [0.25, 0.3) is 0 Å². The molecule has 5 nitrogen and oxygen atoms in total. The summed E-state index contributed by atoms with van der Waals surface area (Å²) < 4.78 is 13.4. The highest BCUT2D eigenvalue weighted by molar-refractivity contribution is 6.04. The molecule has 2 aromatic rings. The lowest BCUT2D eigenvalue weighted by atomic mass is 10.2. The lowest BCUT2D eigenvalue weighted by Gasteiger charge is -2.05. The maximum absolute atomic E-state index is 13.4. The molecule has 0 aliphatic heterocycles. The Bertz CT molecular complexity index is 678. The van der Waals surface area contributed by atoms with E-state index in [2.05, 4.69) is 27.4 Å². The number of aliphatic hydroxyl groups is 1. The summed E-state index contributed by atoms with van der Waals surface area (Å²) >= 11 is 0. The Balaban J connectivity index is 2.20. The fraction of sp³-hybridized carbons (Fsp3) is 0.0714. The minimum absolute atomic E-state index is 0.102. The van der Waals surface area contributed by atoms with Gasteiger partial charge in [0.1, 0.15) is 12.4 Å². The smallest absolute Gasteiger partial charge is 0.257 e. The Morgan fingerprint density at radius 1 is 1.35 bits per heavy atom. The number of benzene rings is 1. The molecule has 6 heteroatoms. The molecule has 0 radical (unpaired) electrons. The summed E-state index contributed by atoms with van der Waals surface area (Å²) in [5, 5.41) is 18.4. The molecule has 0 unspecified atom stereocenters. The molecule has 0 saturated heterocycles. The zero-order valence-electron chi connectivity index (χ0n) is 10.3. The Kier molecular flexibility index (Phi) is 4.37. The summed E-state index contributed by atoms with van der Waals surface area (Å²) in [5.41, 5.74) is 0.840. The number of aliphatic hydroxyl groups excluding tert-OH is 1. The van der Waals surface area contributed by atoms with Gasteiger partial charge in [-0.1, -0.05) is 11.8 Å². The predicted octanol–water partition coefficient (Wildman–Crippen LogP) is 1.21. The largest absolute Gasteiger partial charge is 0.384 e. The van der Waals surface area contributed by atoms with Gasteiger partial charge in [-0.15, -0.1) is 0 Å². The fourth-order valence-corrected chi connectivity index (χ4v) is 1.46. The molecule has 0 atom stereocenters. The Hall–Kier alpha value is -2.78. The number of rotatable bonds is 2. The molecule has 100 valence electrons. The number of aromatic nitrogens is 2. The maximum atomic E-state index is 13.4. The molecule has 1 aromatic heterocycles. The highest BCUT2D eigenvalue weighted by Gasteiger charge is 2.07. The van der Waals surface area contributed by atoms with Gasteiger partial charge in [-0.3, -0.25) is 4.79 Å². The summed E-state index contributed by atoms with van der Waals surface area (Å²) in [6.45, 7) is -0.362. The number of amides is 1. The first-order chi connectivity index (χ1) is 9.70. The number of carbonyl (C=O) groups excluding carboxylic acids is 1.